The third kappa shape index (κ3) is 6.06. The number of carbonyl (C=O) groups excluding carboxylic acids is 2. The Balaban J connectivity index is 1.86. The molecule has 0 radical (unpaired) electrons. The van der Waals surface area contributed by atoms with E-state index in [1.165, 1.54) is 6.08 Å². The van der Waals surface area contributed by atoms with Crippen LogP contribution in [0, 0.1) is 0 Å². The summed E-state index contributed by atoms with van der Waals surface area (Å²) in [4.78, 5) is 26.2. The largest absolute Gasteiger partial charge is 0.345 e. The van der Waals surface area contributed by atoms with Crippen LogP contribution in [0.2, 0.25) is 5.02 Å². The molecule has 31 heavy (non-hydrogen) atoms. The van der Waals surface area contributed by atoms with Crippen LogP contribution in [0.3, 0.4) is 0 Å². The summed E-state index contributed by atoms with van der Waals surface area (Å²) in [5.41, 5.74) is 2.50. The minimum Gasteiger partial charge on any atom is -0.345 e. The van der Waals surface area contributed by atoms with Gasteiger partial charge in [-0.25, -0.2) is 0 Å². The molecule has 0 aliphatic carbocycles. The van der Waals surface area contributed by atoms with Crippen LogP contribution in [-0.4, -0.2) is 11.8 Å². The fourth-order valence-corrected chi connectivity index (χ4v) is 3.37. The molecule has 0 fully saturated rings. The van der Waals surface area contributed by atoms with E-state index >= 15 is 0 Å². The van der Waals surface area contributed by atoms with Crippen molar-refractivity contribution in [3.05, 3.63) is 112 Å². The van der Waals surface area contributed by atoms with E-state index in [9.17, 15) is 9.59 Å². The second-order valence-corrected chi connectivity index (χ2v) is 7.70. The van der Waals surface area contributed by atoms with Gasteiger partial charge in [-0.15, -0.1) is 0 Å². The number of hydrogen-bond acceptors (Lipinski definition) is 2. The molecule has 0 heterocycles. The smallest absolute Gasteiger partial charge is 0.257 e. The maximum atomic E-state index is 13.1. The van der Waals surface area contributed by atoms with Gasteiger partial charge < -0.3 is 10.6 Å². The molecule has 4 nitrogen and oxygen atoms in total. The van der Waals surface area contributed by atoms with E-state index in [1.54, 1.807) is 18.2 Å². The summed E-state index contributed by atoms with van der Waals surface area (Å²) >= 11 is 6.27. The third-order valence-corrected chi connectivity index (χ3v) is 5.33. The van der Waals surface area contributed by atoms with Gasteiger partial charge in [-0.2, -0.15) is 0 Å². The average molecular weight is 433 g/mol. The first kappa shape index (κ1) is 22.3. The molecule has 5 heteroatoms. The number of carbonyl (C=O) groups is 2. The topological polar surface area (TPSA) is 58.2 Å². The van der Waals surface area contributed by atoms with Crippen LogP contribution in [0.5, 0.6) is 0 Å². The maximum absolute atomic E-state index is 13.1. The van der Waals surface area contributed by atoms with Crippen LogP contribution in [0.4, 0.5) is 0 Å². The first-order valence-corrected chi connectivity index (χ1v) is 10.5. The van der Waals surface area contributed by atoms with Crippen LogP contribution < -0.4 is 10.6 Å². The Hall–Kier alpha value is -3.37. The lowest BCUT2D eigenvalue weighted by Gasteiger charge is -2.18. The second kappa shape index (κ2) is 10.6. The molecular formula is C26H25ClN2O2. The molecule has 0 saturated heterocycles. The highest BCUT2D eigenvalue weighted by molar-refractivity contribution is 6.32. The van der Waals surface area contributed by atoms with Crippen molar-refractivity contribution in [1.29, 1.82) is 0 Å². The molecule has 2 amide bonds. The van der Waals surface area contributed by atoms with Crippen molar-refractivity contribution in [3.63, 3.8) is 0 Å². The number of hydrogen-bond donors (Lipinski definition) is 2. The van der Waals surface area contributed by atoms with Gasteiger partial charge >= 0.3 is 0 Å². The SMILES string of the molecule is C[C@H](NC(=O)C(=Cc1ccccc1Cl)C(=O)N[C@H](C)c1ccccc1)c1ccccc1. The Bertz CT molecular complexity index is 1000. The lowest BCUT2D eigenvalue weighted by molar-refractivity contribution is -0.124. The van der Waals surface area contributed by atoms with Crippen LogP contribution in [0.15, 0.2) is 90.5 Å². The van der Waals surface area contributed by atoms with Gasteiger partial charge in [0.05, 0.1) is 12.1 Å². The molecule has 0 saturated carbocycles. The molecule has 3 rings (SSSR count). The van der Waals surface area contributed by atoms with Crippen molar-refractivity contribution < 1.29 is 9.59 Å². The molecule has 0 spiro atoms. The van der Waals surface area contributed by atoms with E-state index in [0.29, 0.717) is 10.6 Å². The fraction of sp³-hybridized carbons (Fsp3) is 0.154. The molecule has 0 aliphatic heterocycles. The van der Waals surface area contributed by atoms with E-state index < -0.39 is 11.8 Å². The predicted molar refractivity (Wildman–Crippen MR) is 125 cm³/mol. The van der Waals surface area contributed by atoms with Crippen molar-refractivity contribution in [2.75, 3.05) is 0 Å². The van der Waals surface area contributed by atoms with Crippen molar-refractivity contribution >= 4 is 29.5 Å². The molecule has 3 aromatic rings. The molecule has 0 aliphatic rings. The third-order valence-electron chi connectivity index (χ3n) is 4.99. The quantitative estimate of drug-likeness (QED) is 0.295. The van der Waals surface area contributed by atoms with E-state index in [2.05, 4.69) is 10.6 Å². The zero-order valence-electron chi connectivity index (χ0n) is 17.5. The molecular weight excluding hydrogens is 408 g/mol. The molecule has 158 valence electrons. The van der Waals surface area contributed by atoms with Gasteiger partial charge in [0.1, 0.15) is 5.57 Å². The first-order chi connectivity index (χ1) is 15.0. The zero-order chi connectivity index (χ0) is 22.2. The summed E-state index contributed by atoms with van der Waals surface area (Å²) in [5.74, 6) is -0.928. The summed E-state index contributed by atoms with van der Waals surface area (Å²) in [6.07, 6.45) is 1.53. The van der Waals surface area contributed by atoms with Gasteiger partial charge in [-0.1, -0.05) is 90.5 Å². The standard InChI is InChI=1S/C26H25ClN2O2/c1-18(20-11-5-3-6-12-20)28-25(30)23(17-22-15-9-10-16-24(22)27)26(31)29-19(2)21-13-7-4-8-14-21/h3-19H,1-2H3,(H,28,30)(H,29,31)/t18-,19+. The highest BCUT2D eigenvalue weighted by atomic mass is 35.5. The number of nitrogens with one attached hydrogen (secondary N) is 2. The second-order valence-electron chi connectivity index (χ2n) is 7.29. The zero-order valence-corrected chi connectivity index (χ0v) is 18.3. The molecule has 0 unspecified atom stereocenters. The Morgan fingerprint density at radius 3 is 1.58 bits per heavy atom. The fourth-order valence-electron chi connectivity index (χ4n) is 3.18. The molecule has 2 N–H and O–H groups in total. The normalized spacial score (nSPS) is 13.2. The molecule has 3 aromatic carbocycles. The molecule has 0 aromatic heterocycles. The number of benzene rings is 3. The predicted octanol–water partition coefficient (Wildman–Crippen LogP) is 5.48. The minimum atomic E-state index is -0.464. The minimum absolute atomic E-state index is 0.00124. The molecule has 2 atom stereocenters. The van der Waals surface area contributed by atoms with E-state index in [1.807, 2.05) is 80.6 Å². The van der Waals surface area contributed by atoms with Crippen LogP contribution in [-0.2, 0) is 9.59 Å². The lowest BCUT2D eigenvalue weighted by Crippen LogP contribution is -2.36. The lowest BCUT2D eigenvalue weighted by atomic mass is 10.0. The summed E-state index contributed by atoms with van der Waals surface area (Å²) in [6.45, 7) is 3.76. The number of rotatable bonds is 7. The van der Waals surface area contributed by atoms with Gasteiger partial charge in [-0.3, -0.25) is 9.59 Å². The summed E-state index contributed by atoms with van der Waals surface area (Å²) < 4.78 is 0. The van der Waals surface area contributed by atoms with Crippen LogP contribution in [0.1, 0.15) is 42.6 Å². The van der Waals surface area contributed by atoms with Crippen molar-refractivity contribution in [3.8, 4) is 0 Å². The summed E-state index contributed by atoms with van der Waals surface area (Å²) in [6, 6.07) is 25.8. The van der Waals surface area contributed by atoms with Gasteiger partial charge in [0.15, 0.2) is 0 Å². The Kier molecular flexibility index (Phi) is 7.63. The van der Waals surface area contributed by atoms with Crippen molar-refractivity contribution in [1.82, 2.24) is 10.6 Å². The van der Waals surface area contributed by atoms with E-state index in [-0.39, 0.29) is 17.7 Å². The highest BCUT2D eigenvalue weighted by Gasteiger charge is 2.22. The number of amides is 2. The maximum Gasteiger partial charge on any atom is 0.257 e. The van der Waals surface area contributed by atoms with Gasteiger partial charge in [0.25, 0.3) is 11.8 Å². The van der Waals surface area contributed by atoms with Crippen LogP contribution >= 0.6 is 11.6 Å². The van der Waals surface area contributed by atoms with Crippen molar-refractivity contribution in [2.24, 2.45) is 0 Å². The van der Waals surface area contributed by atoms with E-state index in [0.717, 1.165) is 11.1 Å². The number of halogens is 1. The summed E-state index contributed by atoms with van der Waals surface area (Å²) in [7, 11) is 0. The highest BCUT2D eigenvalue weighted by Crippen LogP contribution is 2.20. The average Bonchev–Trinajstić information content (AvgIpc) is 2.79. The van der Waals surface area contributed by atoms with Crippen LogP contribution in [0.25, 0.3) is 6.08 Å². The Morgan fingerprint density at radius 2 is 1.13 bits per heavy atom. The van der Waals surface area contributed by atoms with Gasteiger partial charge in [0, 0.05) is 5.02 Å². The van der Waals surface area contributed by atoms with Gasteiger partial charge in [-0.05, 0) is 42.7 Å². The van der Waals surface area contributed by atoms with Gasteiger partial charge in [0.2, 0.25) is 0 Å². The summed E-state index contributed by atoms with van der Waals surface area (Å²) in [5, 5.41) is 6.30. The Labute approximate surface area is 188 Å². The first-order valence-electron chi connectivity index (χ1n) is 10.1. The molecule has 0 bridgehead atoms. The Morgan fingerprint density at radius 1 is 0.710 bits per heavy atom. The van der Waals surface area contributed by atoms with Crippen molar-refractivity contribution in [2.45, 2.75) is 25.9 Å². The monoisotopic (exact) mass is 432 g/mol. The van der Waals surface area contributed by atoms with E-state index in [4.69, 9.17) is 11.6 Å².